The number of hydrogen-bond acceptors (Lipinski definition) is 3. The molecule has 0 aromatic carbocycles. The zero-order valence-electron chi connectivity index (χ0n) is 9.56. The molecule has 1 saturated carbocycles. The normalized spacial score (nSPS) is 35.0. The van der Waals surface area contributed by atoms with Gasteiger partial charge in [-0.1, -0.05) is 25.5 Å². The van der Waals surface area contributed by atoms with Gasteiger partial charge in [0.05, 0.1) is 24.5 Å². The minimum Gasteiger partial charge on any atom is -0.465 e. The maximum atomic E-state index is 11.9. The van der Waals surface area contributed by atoms with E-state index in [9.17, 15) is 4.79 Å². The number of nitriles is 1. The van der Waals surface area contributed by atoms with Crippen LogP contribution in [0.4, 0.5) is 0 Å². The van der Waals surface area contributed by atoms with E-state index in [4.69, 9.17) is 10.00 Å². The molecule has 0 aromatic rings. The van der Waals surface area contributed by atoms with E-state index in [2.05, 4.69) is 25.1 Å². The van der Waals surface area contributed by atoms with Crippen molar-refractivity contribution in [1.82, 2.24) is 0 Å². The molecule has 2 rings (SSSR count). The lowest BCUT2D eigenvalue weighted by atomic mass is 9.84. The molecule has 0 radical (unpaired) electrons. The van der Waals surface area contributed by atoms with Gasteiger partial charge >= 0.3 is 5.97 Å². The fraction of sp³-hybridized carbons (Fsp3) is 0.692. The van der Waals surface area contributed by atoms with Gasteiger partial charge in [-0.3, -0.25) is 4.79 Å². The molecule has 0 amide bonds. The molecule has 4 atom stereocenters. The fourth-order valence-electron chi connectivity index (χ4n) is 2.73. The Hall–Kier alpha value is -1.30. The summed E-state index contributed by atoms with van der Waals surface area (Å²) in [6.45, 7) is 2.55. The molecule has 2 aliphatic rings. The number of fused-ring (bicyclic) bond motifs is 2. The van der Waals surface area contributed by atoms with E-state index >= 15 is 0 Å². The lowest BCUT2D eigenvalue weighted by molar-refractivity contribution is -0.150. The van der Waals surface area contributed by atoms with Crippen LogP contribution in [0.1, 0.15) is 26.2 Å². The van der Waals surface area contributed by atoms with E-state index in [-0.39, 0.29) is 29.6 Å². The van der Waals surface area contributed by atoms with E-state index in [1.807, 2.05) is 0 Å². The van der Waals surface area contributed by atoms with E-state index in [0.29, 0.717) is 6.61 Å². The zero-order valence-corrected chi connectivity index (χ0v) is 9.56. The third-order valence-corrected chi connectivity index (χ3v) is 3.62. The number of unbranched alkanes of at least 4 members (excludes halogenated alkanes) is 1. The van der Waals surface area contributed by atoms with Crippen LogP contribution in [0.2, 0.25) is 0 Å². The zero-order chi connectivity index (χ0) is 11.5. The predicted octanol–water partition coefficient (Wildman–Crippen LogP) is 2.29. The van der Waals surface area contributed by atoms with Crippen molar-refractivity contribution >= 4 is 5.97 Å². The maximum absolute atomic E-state index is 11.9. The van der Waals surface area contributed by atoms with Crippen LogP contribution >= 0.6 is 0 Å². The van der Waals surface area contributed by atoms with Crippen LogP contribution < -0.4 is 0 Å². The molecule has 0 heterocycles. The van der Waals surface area contributed by atoms with Crippen LogP contribution in [0, 0.1) is 35.0 Å². The summed E-state index contributed by atoms with van der Waals surface area (Å²) in [6, 6.07) is 2.26. The summed E-state index contributed by atoms with van der Waals surface area (Å²) in [5, 5.41) is 9.09. The van der Waals surface area contributed by atoms with Crippen molar-refractivity contribution in [1.29, 1.82) is 5.26 Å². The second-order valence-electron chi connectivity index (χ2n) is 4.65. The standard InChI is InChI=1S/C13H17NO2/c1-2-3-6-16-13(15)12-10-5-4-9(7-10)11(12)8-14/h4-5,9-12H,2-3,6-7H2,1H3/t9-,10+,11+,12-/m0/s1. The van der Waals surface area contributed by atoms with Gasteiger partial charge in [0, 0.05) is 0 Å². The van der Waals surface area contributed by atoms with E-state index < -0.39 is 0 Å². The first-order valence-corrected chi connectivity index (χ1v) is 6.02. The molecule has 0 spiro atoms. The quantitative estimate of drug-likeness (QED) is 0.414. The van der Waals surface area contributed by atoms with Crippen LogP contribution in [0.25, 0.3) is 0 Å². The molecule has 0 N–H and O–H groups in total. The van der Waals surface area contributed by atoms with Crippen LogP contribution in [-0.2, 0) is 9.53 Å². The topological polar surface area (TPSA) is 50.1 Å². The third-order valence-electron chi connectivity index (χ3n) is 3.62. The summed E-state index contributed by atoms with van der Waals surface area (Å²) in [6.07, 6.45) is 7.02. The number of rotatable bonds is 4. The van der Waals surface area contributed by atoms with Crippen molar-refractivity contribution in [3.8, 4) is 6.07 Å². The van der Waals surface area contributed by atoms with Crippen molar-refractivity contribution in [2.75, 3.05) is 6.61 Å². The Morgan fingerprint density at radius 2 is 2.25 bits per heavy atom. The molecule has 0 aromatic heterocycles. The second-order valence-corrected chi connectivity index (χ2v) is 4.65. The highest BCUT2D eigenvalue weighted by molar-refractivity contribution is 5.75. The molecule has 0 aliphatic heterocycles. The van der Waals surface area contributed by atoms with E-state index in [1.54, 1.807) is 0 Å². The van der Waals surface area contributed by atoms with E-state index in [1.165, 1.54) is 0 Å². The summed E-state index contributed by atoms with van der Waals surface area (Å²) in [5.74, 6) is -0.0275. The van der Waals surface area contributed by atoms with Crippen LogP contribution in [0.15, 0.2) is 12.2 Å². The van der Waals surface area contributed by atoms with E-state index in [0.717, 1.165) is 19.3 Å². The fourth-order valence-corrected chi connectivity index (χ4v) is 2.73. The van der Waals surface area contributed by atoms with Gasteiger partial charge in [0.2, 0.25) is 0 Å². The minimum absolute atomic E-state index is 0.163. The predicted molar refractivity (Wildman–Crippen MR) is 59.2 cm³/mol. The van der Waals surface area contributed by atoms with Crippen molar-refractivity contribution < 1.29 is 9.53 Å². The number of nitrogens with zero attached hydrogens (tertiary/aromatic N) is 1. The first-order valence-electron chi connectivity index (χ1n) is 6.02. The highest BCUT2D eigenvalue weighted by atomic mass is 16.5. The van der Waals surface area contributed by atoms with Gasteiger partial charge in [0.25, 0.3) is 0 Å². The smallest absolute Gasteiger partial charge is 0.310 e. The molecule has 2 bridgehead atoms. The van der Waals surface area contributed by atoms with Gasteiger partial charge in [-0.25, -0.2) is 0 Å². The molecule has 0 saturated heterocycles. The summed E-state index contributed by atoms with van der Waals surface area (Å²) in [7, 11) is 0. The third kappa shape index (κ3) is 1.84. The molecule has 2 aliphatic carbocycles. The Kier molecular flexibility index (Phi) is 3.28. The number of hydrogen-bond donors (Lipinski definition) is 0. The number of carbonyl (C=O) groups excluding carboxylic acids is 1. The Morgan fingerprint density at radius 1 is 1.50 bits per heavy atom. The maximum Gasteiger partial charge on any atom is 0.310 e. The molecule has 3 heteroatoms. The number of ether oxygens (including phenoxy) is 1. The minimum atomic E-state index is -0.211. The lowest BCUT2D eigenvalue weighted by Gasteiger charge is -2.20. The summed E-state index contributed by atoms with van der Waals surface area (Å²) in [5.41, 5.74) is 0. The van der Waals surface area contributed by atoms with Crippen molar-refractivity contribution in [2.24, 2.45) is 23.7 Å². The molecular weight excluding hydrogens is 202 g/mol. The van der Waals surface area contributed by atoms with Crippen LogP contribution in [0.3, 0.4) is 0 Å². The first kappa shape index (κ1) is 11.2. The molecule has 16 heavy (non-hydrogen) atoms. The van der Waals surface area contributed by atoms with Crippen molar-refractivity contribution in [3.63, 3.8) is 0 Å². The molecule has 3 nitrogen and oxygen atoms in total. The van der Waals surface area contributed by atoms with Crippen molar-refractivity contribution in [3.05, 3.63) is 12.2 Å². The summed E-state index contributed by atoms with van der Waals surface area (Å²) in [4.78, 5) is 11.9. The number of allylic oxidation sites excluding steroid dienone is 2. The lowest BCUT2D eigenvalue weighted by Crippen LogP contribution is -2.28. The van der Waals surface area contributed by atoms with Crippen molar-refractivity contribution in [2.45, 2.75) is 26.2 Å². The molecular formula is C13H17NO2. The highest BCUT2D eigenvalue weighted by Gasteiger charge is 2.49. The van der Waals surface area contributed by atoms with Gasteiger partial charge in [-0.05, 0) is 24.7 Å². The SMILES string of the molecule is CCCCOC(=O)[C@@H]1[C@H](C#N)[C@H]2C=C[C@@H]1C2. The van der Waals surface area contributed by atoms with Gasteiger partial charge < -0.3 is 4.74 Å². The average Bonchev–Trinajstić information content (AvgIpc) is 2.88. The Labute approximate surface area is 96.1 Å². The first-order chi connectivity index (χ1) is 7.77. The van der Waals surface area contributed by atoms with Crippen LogP contribution in [0.5, 0.6) is 0 Å². The van der Waals surface area contributed by atoms with Gasteiger partial charge in [0.1, 0.15) is 0 Å². The number of esters is 1. The molecule has 1 fully saturated rings. The van der Waals surface area contributed by atoms with Gasteiger partial charge in [-0.15, -0.1) is 0 Å². The average molecular weight is 219 g/mol. The molecule has 0 unspecified atom stereocenters. The monoisotopic (exact) mass is 219 g/mol. The summed E-state index contributed by atoms with van der Waals surface area (Å²) >= 11 is 0. The van der Waals surface area contributed by atoms with Gasteiger partial charge in [-0.2, -0.15) is 5.26 Å². The molecule has 86 valence electrons. The van der Waals surface area contributed by atoms with Crippen LogP contribution in [-0.4, -0.2) is 12.6 Å². The largest absolute Gasteiger partial charge is 0.465 e. The Morgan fingerprint density at radius 3 is 2.94 bits per heavy atom. The summed E-state index contributed by atoms with van der Waals surface area (Å²) < 4.78 is 5.23. The Bertz CT molecular complexity index is 342. The second kappa shape index (κ2) is 4.69. The van der Waals surface area contributed by atoms with Gasteiger partial charge in [0.15, 0.2) is 0 Å². The Balaban J connectivity index is 1.96. The number of carbonyl (C=O) groups is 1. The highest BCUT2D eigenvalue weighted by Crippen LogP contribution is 2.48.